The Balaban J connectivity index is 1.89. The van der Waals surface area contributed by atoms with Crippen LogP contribution in [0, 0.1) is 0 Å². The van der Waals surface area contributed by atoms with Gasteiger partial charge in [0.1, 0.15) is 5.75 Å². The van der Waals surface area contributed by atoms with Gasteiger partial charge in [-0.05, 0) is 30.4 Å². The van der Waals surface area contributed by atoms with E-state index in [-0.39, 0.29) is 28.4 Å². The molecule has 0 aromatic heterocycles. The topological polar surface area (TPSA) is 66.4 Å². The van der Waals surface area contributed by atoms with Gasteiger partial charge in [-0.3, -0.25) is 9.59 Å². The fourth-order valence-corrected chi connectivity index (χ4v) is 4.56. The summed E-state index contributed by atoms with van der Waals surface area (Å²) in [5.41, 5.74) is 2.37. The predicted octanol–water partition coefficient (Wildman–Crippen LogP) is 5.80. The number of rotatable bonds is 6. The van der Waals surface area contributed by atoms with Crippen molar-refractivity contribution >= 4 is 34.7 Å². The van der Waals surface area contributed by atoms with E-state index in [1.807, 2.05) is 30.3 Å². The average Bonchev–Trinajstić information content (AvgIpc) is 2.75. The van der Waals surface area contributed by atoms with Crippen LogP contribution in [0.4, 0.5) is 11.4 Å². The number of hydrogen-bond acceptors (Lipinski definition) is 5. The number of phenols is 1. The molecule has 3 aromatic carbocycles. The van der Waals surface area contributed by atoms with Gasteiger partial charge in [0.05, 0.1) is 21.7 Å². The molecular formula is C24H21NO3S. The molecule has 1 aliphatic rings. The minimum absolute atomic E-state index is 0.0913. The zero-order valence-electron chi connectivity index (χ0n) is 16.1. The van der Waals surface area contributed by atoms with Gasteiger partial charge in [-0.15, -0.1) is 11.8 Å². The normalized spacial score (nSPS) is 12.4. The molecule has 4 rings (SSSR count). The van der Waals surface area contributed by atoms with Gasteiger partial charge in [0.25, 0.3) is 0 Å². The lowest BCUT2D eigenvalue weighted by atomic mass is 9.82. The van der Waals surface area contributed by atoms with Crippen LogP contribution in [0.3, 0.4) is 0 Å². The maximum Gasteiger partial charge on any atom is 0.198 e. The Morgan fingerprint density at radius 2 is 1.52 bits per heavy atom. The van der Waals surface area contributed by atoms with E-state index in [0.29, 0.717) is 21.7 Å². The molecule has 0 fully saturated rings. The molecule has 0 unspecified atom stereocenters. The van der Waals surface area contributed by atoms with Crippen molar-refractivity contribution in [3.63, 3.8) is 0 Å². The van der Waals surface area contributed by atoms with Gasteiger partial charge in [0.15, 0.2) is 11.6 Å². The summed E-state index contributed by atoms with van der Waals surface area (Å²) < 4.78 is 0. The van der Waals surface area contributed by atoms with Gasteiger partial charge in [0.2, 0.25) is 0 Å². The minimum Gasteiger partial charge on any atom is -0.506 e. The Kier molecular flexibility index (Phi) is 5.41. The standard InChI is InChI=1S/C24H21NO3S/c1-2-3-13-29-19-14-18(25-15-9-5-4-6-10-15)20-21(24(19)28)23(27)17-12-8-7-11-16(17)22(20)26/h4-12,14,25,28H,2-3,13H2,1H3. The Morgan fingerprint density at radius 3 is 2.17 bits per heavy atom. The number of unbranched alkanes of at least 4 members (excludes halogenated alkanes) is 1. The second kappa shape index (κ2) is 8.13. The maximum atomic E-state index is 13.3. The first-order chi connectivity index (χ1) is 14.1. The number of anilines is 2. The molecule has 0 bridgehead atoms. The summed E-state index contributed by atoms with van der Waals surface area (Å²) in [7, 11) is 0. The quantitative estimate of drug-likeness (QED) is 0.242. The van der Waals surface area contributed by atoms with Crippen molar-refractivity contribution in [1.82, 2.24) is 0 Å². The van der Waals surface area contributed by atoms with Gasteiger partial charge in [-0.2, -0.15) is 0 Å². The highest BCUT2D eigenvalue weighted by atomic mass is 32.2. The van der Waals surface area contributed by atoms with Crippen molar-refractivity contribution in [2.24, 2.45) is 0 Å². The van der Waals surface area contributed by atoms with Crippen LogP contribution < -0.4 is 5.32 Å². The minimum atomic E-state index is -0.318. The number of para-hydroxylation sites is 1. The summed E-state index contributed by atoms with van der Waals surface area (Å²) >= 11 is 1.50. The zero-order chi connectivity index (χ0) is 20.4. The molecule has 146 valence electrons. The fraction of sp³-hybridized carbons (Fsp3) is 0.167. The SMILES string of the molecule is CCCCSc1cc(Nc2ccccc2)c2c(c1O)C(=O)c1ccccc1C2=O. The first-order valence-electron chi connectivity index (χ1n) is 9.65. The summed E-state index contributed by atoms with van der Waals surface area (Å²) in [4.78, 5) is 27.1. The number of ketones is 2. The number of carbonyl (C=O) groups is 2. The van der Waals surface area contributed by atoms with E-state index in [1.54, 1.807) is 30.3 Å². The van der Waals surface area contributed by atoms with Gasteiger partial charge < -0.3 is 10.4 Å². The van der Waals surface area contributed by atoms with Crippen LogP contribution >= 0.6 is 11.8 Å². The number of benzene rings is 3. The molecule has 0 saturated heterocycles. The van der Waals surface area contributed by atoms with Crippen molar-refractivity contribution in [2.75, 3.05) is 11.1 Å². The van der Waals surface area contributed by atoms with Crippen LogP contribution in [-0.2, 0) is 0 Å². The van der Waals surface area contributed by atoms with E-state index in [9.17, 15) is 14.7 Å². The van der Waals surface area contributed by atoms with Crippen molar-refractivity contribution < 1.29 is 14.7 Å². The van der Waals surface area contributed by atoms with Crippen LogP contribution in [0.5, 0.6) is 5.75 Å². The first-order valence-corrected chi connectivity index (χ1v) is 10.6. The molecular weight excluding hydrogens is 382 g/mol. The summed E-state index contributed by atoms with van der Waals surface area (Å²) in [6.45, 7) is 2.11. The second-order valence-corrected chi connectivity index (χ2v) is 8.05. The van der Waals surface area contributed by atoms with Crippen LogP contribution in [0.1, 0.15) is 51.6 Å². The van der Waals surface area contributed by atoms with Gasteiger partial charge >= 0.3 is 0 Å². The van der Waals surface area contributed by atoms with Crippen molar-refractivity contribution in [1.29, 1.82) is 0 Å². The summed E-state index contributed by atoms with van der Waals surface area (Å²) in [6, 6.07) is 18.0. The molecule has 0 atom stereocenters. The van der Waals surface area contributed by atoms with Crippen LogP contribution in [0.2, 0.25) is 0 Å². The van der Waals surface area contributed by atoms with E-state index in [1.165, 1.54) is 11.8 Å². The van der Waals surface area contributed by atoms with Crippen LogP contribution in [0.15, 0.2) is 65.6 Å². The third-order valence-corrected chi connectivity index (χ3v) is 6.06. The molecule has 3 aromatic rings. The molecule has 5 heteroatoms. The fourth-order valence-electron chi connectivity index (χ4n) is 3.47. The Bertz CT molecular complexity index is 1090. The lowest BCUT2D eigenvalue weighted by Crippen LogP contribution is -2.22. The number of phenolic OH excluding ortho intramolecular Hbond substituents is 1. The predicted molar refractivity (Wildman–Crippen MR) is 117 cm³/mol. The van der Waals surface area contributed by atoms with E-state index >= 15 is 0 Å². The molecule has 0 saturated carbocycles. The summed E-state index contributed by atoms with van der Waals surface area (Å²) in [5, 5.41) is 14.2. The van der Waals surface area contributed by atoms with Crippen molar-refractivity contribution in [2.45, 2.75) is 24.7 Å². The lowest BCUT2D eigenvalue weighted by Gasteiger charge is -2.23. The van der Waals surface area contributed by atoms with Crippen molar-refractivity contribution in [3.05, 3.63) is 82.9 Å². The van der Waals surface area contributed by atoms with E-state index < -0.39 is 0 Å². The van der Waals surface area contributed by atoms with Gasteiger partial charge in [0, 0.05) is 16.8 Å². The molecule has 0 amide bonds. The summed E-state index contributed by atoms with van der Waals surface area (Å²) in [5.74, 6) is 0.148. The third-order valence-electron chi connectivity index (χ3n) is 4.94. The van der Waals surface area contributed by atoms with E-state index in [2.05, 4.69) is 12.2 Å². The largest absolute Gasteiger partial charge is 0.506 e. The first kappa shape index (κ1) is 19.3. The Labute approximate surface area is 174 Å². The van der Waals surface area contributed by atoms with Crippen LogP contribution in [0.25, 0.3) is 0 Å². The number of fused-ring (bicyclic) bond motifs is 2. The monoisotopic (exact) mass is 403 g/mol. The lowest BCUT2D eigenvalue weighted by molar-refractivity contribution is 0.0977. The molecule has 1 aliphatic carbocycles. The van der Waals surface area contributed by atoms with E-state index in [0.717, 1.165) is 24.3 Å². The number of nitrogens with one attached hydrogen (secondary N) is 1. The highest BCUT2D eigenvalue weighted by molar-refractivity contribution is 7.99. The molecule has 0 radical (unpaired) electrons. The van der Waals surface area contributed by atoms with E-state index in [4.69, 9.17) is 0 Å². The average molecular weight is 404 g/mol. The molecule has 0 heterocycles. The second-order valence-electron chi connectivity index (χ2n) is 6.92. The van der Waals surface area contributed by atoms with Crippen LogP contribution in [-0.4, -0.2) is 22.4 Å². The zero-order valence-corrected chi connectivity index (χ0v) is 16.9. The smallest absolute Gasteiger partial charge is 0.198 e. The highest BCUT2D eigenvalue weighted by Gasteiger charge is 2.35. The molecule has 29 heavy (non-hydrogen) atoms. The molecule has 2 N–H and O–H groups in total. The molecule has 4 nitrogen and oxygen atoms in total. The third kappa shape index (κ3) is 3.54. The molecule has 0 aliphatic heterocycles. The Morgan fingerprint density at radius 1 is 0.897 bits per heavy atom. The number of thioether (sulfide) groups is 1. The number of hydrogen-bond donors (Lipinski definition) is 2. The van der Waals surface area contributed by atoms with Crippen molar-refractivity contribution in [3.8, 4) is 5.75 Å². The number of carbonyl (C=O) groups excluding carboxylic acids is 2. The van der Waals surface area contributed by atoms with Gasteiger partial charge in [-0.1, -0.05) is 55.8 Å². The maximum absolute atomic E-state index is 13.3. The Hall–Kier alpha value is -3.05. The van der Waals surface area contributed by atoms with Gasteiger partial charge in [-0.25, -0.2) is 0 Å². The highest BCUT2D eigenvalue weighted by Crippen LogP contribution is 2.43. The summed E-state index contributed by atoms with van der Waals surface area (Å²) in [6.07, 6.45) is 2.04. The number of aromatic hydroxyl groups is 1. The molecule has 0 spiro atoms.